The van der Waals surface area contributed by atoms with Crippen LogP contribution in [0.4, 0.5) is 11.4 Å². The van der Waals surface area contributed by atoms with E-state index in [9.17, 15) is 9.59 Å². The van der Waals surface area contributed by atoms with Gasteiger partial charge in [-0.25, -0.2) is 4.98 Å². The van der Waals surface area contributed by atoms with Gasteiger partial charge in [-0.1, -0.05) is 11.6 Å². The average molecular weight is 415 g/mol. The molecule has 0 bridgehead atoms. The molecule has 0 saturated carbocycles. The molecule has 152 valence electrons. The molecule has 1 aliphatic heterocycles. The summed E-state index contributed by atoms with van der Waals surface area (Å²) in [7, 11) is 1.73. The third kappa shape index (κ3) is 4.12. The zero-order chi connectivity index (χ0) is 20.4. The van der Waals surface area contributed by atoms with Crippen molar-refractivity contribution in [3.63, 3.8) is 0 Å². The van der Waals surface area contributed by atoms with Crippen LogP contribution < -0.4 is 15.8 Å². The number of nitrogens with zero attached hydrogens (tertiary/aromatic N) is 5. The molecule has 0 atom stereocenters. The Morgan fingerprint density at radius 2 is 2.03 bits per heavy atom. The summed E-state index contributed by atoms with van der Waals surface area (Å²) < 4.78 is 2.99. The van der Waals surface area contributed by atoms with Crippen molar-refractivity contribution in [2.75, 3.05) is 23.3 Å². The molecule has 1 N–H and O–H groups in total. The highest BCUT2D eigenvalue weighted by atomic mass is 35.5. The van der Waals surface area contributed by atoms with Crippen molar-refractivity contribution in [2.24, 2.45) is 7.05 Å². The molecule has 1 amide bonds. The molecule has 1 saturated heterocycles. The first-order valence-electron chi connectivity index (χ1n) is 9.74. The van der Waals surface area contributed by atoms with Gasteiger partial charge in [-0.3, -0.25) is 18.8 Å². The minimum absolute atomic E-state index is 0.152. The summed E-state index contributed by atoms with van der Waals surface area (Å²) in [6.07, 6.45) is 6.62. The standard InChI is InChI=1S/C20H23ClN6O2/c1-25-19-15(12-23-25)20(29)27(13-22-19)10-7-18(28)24-16-11-14(21)5-6-17(16)26-8-3-2-4-9-26/h5-6,11-13H,2-4,7-10H2,1H3,(H,24,28). The number of amides is 1. The summed E-state index contributed by atoms with van der Waals surface area (Å²) in [6, 6.07) is 5.57. The minimum atomic E-state index is -0.201. The molecule has 4 rings (SSSR count). The fourth-order valence-corrected chi connectivity index (χ4v) is 3.85. The van der Waals surface area contributed by atoms with E-state index in [4.69, 9.17) is 11.6 Å². The molecule has 2 aromatic heterocycles. The van der Waals surface area contributed by atoms with Gasteiger partial charge in [0.25, 0.3) is 5.56 Å². The summed E-state index contributed by atoms with van der Waals surface area (Å²) in [5.74, 6) is -0.177. The molecule has 1 fully saturated rings. The van der Waals surface area contributed by atoms with Gasteiger partial charge in [0.2, 0.25) is 5.91 Å². The van der Waals surface area contributed by atoms with Gasteiger partial charge in [-0.2, -0.15) is 5.10 Å². The van der Waals surface area contributed by atoms with Crippen molar-refractivity contribution in [1.29, 1.82) is 0 Å². The number of aromatic nitrogens is 4. The van der Waals surface area contributed by atoms with E-state index in [1.54, 1.807) is 17.8 Å². The maximum atomic E-state index is 12.6. The van der Waals surface area contributed by atoms with Gasteiger partial charge in [0.15, 0.2) is 5.65 Å². The second-order valence-corrected chi connectivity index (χ2v) is 7.69. The van der Waals surface area contributed by atoms with Crippen LogP contribution in [-0.4, -0.2) is 38.3 Å². The largest absolute Gasteiger partial charge is 0.370 e. The highest BCUT2D eigenvalue weighted by molar-refractivity contribution is 6.31. The topological polar surface area (TPSA) is 85.0 Å². The number of hydrogen-bond donors (Lipinski definition) is 1. The third-order valence-corrected chi connectivity index (χ3v) is 5.46. The van der Waals surface area contributed by atoms with Crippen LogP contribution in [0.5, 0.6) is 0 Å². The number of fused-ring (bicyclic) bond motifs is 1. The van der Waals surface area contributed by atoms with Crippen molar-refractivity contribution in [3.8, 4) is 0 Å². The van der Waals surface area contributed by atoms with E-state index in [0.29, 0.717) is 21.7 Å². The van der Waals surface area contributed by atoms with Crippen LogP contribution in [0.15, 0.2) is 35.5 Å². The lowest BCUT2D eigenvalue weighted by atomic mass is 10.1. The fraction of sp³-hybridized carbons (Fsp3) is 0.400. The Morgan fingerprint density at radius 1 is 1.24 bits per heavy atom. The lowest BCUT2D eigenvalue weighted by Crippen LogP contribution is -2.30. The van der Waals surface area contributed by atoms with E-state index in [-0.39, 0.29) is 24.4 Å². The van der Waals surface area contributed by atoms with Crippen molar-refractivity contribution < 1.29 is 4.79 Å². The SMILES string of the molecule is Cn1ncc2c(=O)n(CCC(=O)Nc3cc(Cl)ccc3N3CCCCC3)cnc21. The monoisotopic (exact) mass is 414 g/mol. The smallest absolute Gasteiger partial charge is 0.264 e. The minimum Gasteiger partial charge on any atom is -0.370 e. The Bertz CT molecular complexity index is 1100. The number of aryl methyl sites for hydroxylation is 2. The Hall–Kier alpha value is -2.87. The molecule has 9 heteroatoms. The van der Waals surface area contributed by atoms with Crippen molar-refractivity contribution in [1.82, 2.24) is 19.3 Å². The normalized spacial score (nSPS) is 14.3. The predicted octanol–water partition coefficient (Wildman–Crippen LogP) is 2.80. The van der Waals surface area contributed by atoms with Crippen molar-refractivity contribution in [3.05, 3.63) is 46.1 Å². The molecule has 29 heavy (non-hydrogen) atoms. The molecule has 0 radical (unpaired) electrons. The maximum Gasteiger partial charge on any atom is 0.264 e. The van der Waals surface area contributed by atoms with E-state index in [1.165, 1.54) is 23.5 Å². The zero-order valence-electron chi connectivity index (χ0n) is 16.3. The number of hydrogen-bond acceptors (Lipinski definition) is 5. The van der Waals surface area contributed by atoms with Gasteiger partial charge in [0.05, 0.1) is 23.9 Å². The van der Waals surface area contributed by atoms with E-state index in [2.05, 4.69) is 20.3 Å². The highest BCUT2D eigenvalue weighted by Gasteiger charge is 2.17. The molecule has 3 aromatic rings. The van der Waals surface area contributed by atoms with Gasteiger partial charge >= 0.3 is 0 Å². The van der Waals surface area contributed by atoms with E-state index >= 15 is 0 Å². The van der Waals surface area contributed by atoms with Gasteiger partial charge in [0.1, 0.15) is 5.39 Å². The van der Waals surface area contributed by atoms with Gasteiger partial charge in [-0.05, 0) is 37.5 Å². The predicted molar refractivity (Wildman–Crippen MR) is 114 cm³/mol. The number of carbonyl (C=O) groups is 1. The van der Waals surface area contributed by atoms with Crippen LogP contribution in [0.25, 0.3) is 11.0 Å². The summed E-state index contributed by atoms with van der Waals surface area (Å²) >= 11 is 6.16. The molecule has 1 aromatic carbocycles. The highest BCUT2D eigenvalue weighted by Crippen LogP contribution is 2.31. The van der Waals surface area contributed by atoms with Crippen LogP contribution in [0.3, 0.4) is 0 Å². The Labute approximate surface area is 173 Å². The number of halogens is 1. The maximum absolute atomic E-state index is 12.6. The number of carbonyl (C=O) groups excluding carboxylic acids is 1. The lowest BCUT2D eigenvalue weighted by molar-refractivity contribution is -0.116. The molecule has 8 nitrogen and oxygen atoms in total. The van der Waals surface area contributed by atoms with E-state index < -0.39 is 0 Å². The second kappa shape index (κ2) is 8.24. The van der Waals surface area contributed by atoms with Crippen LogP contribution in [0, 0.1) is 0 Å². The number of anilines is 2. The fourth-order valence-electron chi connectivity index (χ4n) is 3.68. The van der Waals surface area contributed by atoms with Gasteiger partial charge in [0, 0.05) is 38.1 Å². The molecular weight excluding hydrogens is 392 g/mol. The summed E-state index contributed by atoms with van der Waals surface area (Å²) in [5, 5.41) is 8.03. The van der Waals surface area contributed by atoms with Crippen LogP contribution in [0.1, 0.15) is 25.7 Å². The molecule has 3 heterocycles. The van der Waals surface area contributed by atoms with Crippen molar-refractivity contribution in [2.45, 2.75) is 32.2 Å². The van der Waals surface area contributed by atoms with Crippen molar-refractivity contribution >= 4 is 39.9 Å². The van der Waals surface area contributed by atoms with Crippen LogP contribution >= 0.6 is 11.6 Å². The number of rotatable bonds is 5. The first-order chi connectivity index (χ1) is 14.0. The zero-order valence-corrected chi connectivity index (χ0v) is 17.0. The lowest BCUT2D eigenvalue weighted by Gasteiger charge is -2.30. The number of nitrogens with one attached hydrogen (secondary N) is 1. The molecule has 0 spiro atoms. The molecule has 0 aliphatic carbocycles. The average Bonchev–Trinajstić information content (AvgIpc) is 3.10. The summed E-state index contributed by atoms with van der Waals surface area (Å²) in [4.78, 5) is 31.7. The van der Waals surface area contributed by atoms with E-state index in [0.717, 1.165) is 31.6 Å². The van der Waals surface area contributed by atoms with Crippen LogP contribution in [0.2, 0.25) is 5.02 Å². The van der Waals surface area contributed by atoms with Gasteiger partial charge < -0.3 is 10.2 Å². The molecule has 1 aliphatic rings. The Balaban J connectivity index is 1.47. The Kier molecular flexibility index (Phi) is 5.53. The molecular formula is C20H23ClN6O2. The summed E-state index contributed by atoms with van der Waals surface area (Å²) in [5.41, 5.74) is 2.02. The van der Waals surface area contributed by atoms with E-state index in [1.807, 2.05) is 12.1 Å². The van der Waals surface area contributed by atoms with Crippen LogP contribution in [-0.2, 0) is 18.4 Å². The number of piperidine rings is 1. The number of benzene rings is 1. The third-order valence-electron chi connectivity index (χ3n) is 5.23. The second-order valence-electron chi connectivity index (χ2n) is 7.26. The first kappa shape index (κ1) is 19.4. The molecule has 0 unspecified atom stereocenters. The first-order valence-corrected chi connectivity index (χ1v) is 10.1. The summed E-state index contributed by atoms with van der Waals surface area (Å²) in [6.45, 7) is 2.18. The quantitative estimate of drug-likeness (QED) is 0.693. The Morgan fingerprint density at radius 3 is 2.83 bits per heavy atom. The van der Waals surface area contributed by atoms with Gasteiger partial charge in [-0.15, -0.1) is 0 Å².